The molecule has 0 aliphatic heterocycles. The summed E-state index contributed by atoms with van der Waals surface area (Å²) in [5, 5.41) is 2.58. The zero-order valence-corrected chi connectivity index (χ0v) is 18.7. The van der Waals surface area contributed by atoms with Gasteiger partial charge in [0.05, 0.1) is 9.09 Å². The highest BCUT2D eigenvalue weighted by Crippen LogP contribution is 2.46. The van der Waals surface area contributed by atoms with Gasteiger partial charge in [0.25, 0.3) is 0 Å². The van der Waals surface area contributed by atoms with E-state index in [4.69, 9.17) is 0 Å². The largest absolute Gasteiger partial charge is 0.354 e. The highest BCUT2D eigenvalue weighted by molar-refractivity contribution is 14.1. The molecule has 1 nitrogen and oxygen atoms in total. The molecule has 0 unspecified atom stereocenters. The Labute approximate surface area is 185 Å². The van der Waals surface area contributed by atoms with Crippen molar-refractivity contribution in [2.24, 2.45) is 0 Å². The molecule has 0 amide bonds. The topological polar surface area (TPSA) is 15.8 Å². The molecule has 3 heteroatoms. The number of nitrogens with one attached hydrogen (secondary N) is 1. The van der Waals surface area contributed by atoms with Gasteiger partial charge in [-0.05, 0) is 62.4 Å². The van der Waals surface area contributed by atoms with Crippen LogP contribution in [-0.2, 0) is 0 Å². The summed E-state index contributed by atoms with van der Waals surface area (Å²) in [5.74, 6) is 0. The molecule has 1 aromatic heterocycles. The molecule has 0 spiro atoms. The van der Waals surface area contributed by atoms with E-state index in [0.717, 1.165) is 0 Å². The van der Waals surface area contributed by atoms with Crippen LogP contribution in [0.3, 0.4) is 0 Å². The van der Waals surface area contributed by atoms with Crippen molar-refractivity contribution in [1.29, 1.82) is 0 Å². The van der Waals surface area contributed by atoms with Crippen LogP contribution in [0, 0.1) is 7.14 Å². The summed E-state index contributed by atoms with van der Waals surface area (Å²) in [6.45, 7) is 0. The van der Waals surface area contributed by atoms with Crippen LogP contribution in [0.2, 0.25) is 0 Å². The van der Waals surface area contributed by atoms with E-state index in [-0.39, 0.29) is 0 Å². The van der Waals surface area contributed by atoms with Gasteiger partial charge in [0.1, 0.15) is 0 Å². The first-order valence-electron chi connectivity index (χ1n) is 8.78. The molecule has 0 aliphatic carbocycles. The van der Waals surface area contributed by atoms with E-state index in [1.165, 1.54) is 51.2 Å². The number of aromatic amines is 1. The van der Waals surface area contributed by atoms with Gasteiger partial charge in [-0.3, -0.25) is 0 Å². The van der Waals surface area contributed by atoms with Crippen LogP contribution in [0.1, 0.15) is 0 Å². The minimum atomic E-state index is 1.18. The number of fused-ring (bicyclic) bond motifs is 3. The Morgan fingerprint density at radius 1 is 0.556 bits per heavy atom. The molecular weight excluding hydrogens is 556 g/mol. The number of para-hydroxylation sites is 1. The predicted molar refractivity (Wildman–Crippen MR) is 132 cm³/mol. The van der Waals surface area contributed by atoms with E-state index in [1.54, 1.807) is 0 Å². The summed E-state index contributed by atoms with van der Waals surface area (Å²) < 4.78 is 2.57. The summed E-state index contributed by atoms with van der Waals surface area (Å²) in [7, 11) is 0. The fourth-order valence-corrected chi connectivity index (χ4v) is 5.31. The maximum absolute atomic E-state index is 3.66. The van der Waals surface area contributed by atoms with E-state index in [2.05, 4.69) is 135 Å². The molecule has 0 aliphatic rings. The highest BCUT2D eigenvalue weighted by atomic mass is 127. The van der Waals surface area contributed by atoms with Crippen LogP contribution in [0.25, 0.3) is 44.1 Å². The SMILES string of the molecule is Ic1c(-c2ccccc2)c(-c2ccccc2)c2c([nH]c3ccccc32)c1I. The lowest BCUT2D eigenvalue weighted by atomic mass is 9.90. The normalized spacial score (nSPS) is 11.3. The third-order valence-corrected chi connectivity index (χ3v) is 8.15. The van der Waals surface area contributed by atoms with E-state index in [1.807, 2.05) is 0 Å². The van der Waals surface area contributed by atoms with Crippen molar-refractivity contribution >= 4 is 67.0 Å². The van der Waals surface area contributed by atoms with Gasteiger partial charge >= 0.3 is 0 Å². The van der Waals surface area contributed by atoms with Gasteiger partial charge in [-0.25, -0.2) is 0 Å². The number of H-pyrrole nitrogens is 1. The molecule has 130 valence electrons. The fraction of sp³-hybridized carbons (Fsp3) is 0. The molecular formula is C24H15I2N. The maximum atomic E-state index is 3.66. The Morgan fingerprint density at radius 3 is 1.78 bits per heavy atom. The fourth-order valence-electron chi connectivity index (χ4n) is 3.79. The Balaban J connectivity index is 2.05. The van der Waals surface area contributed by atoms with Crippen molar-refractivity contribution < 1.29 is 0 Å². The second-order valence-corrected chi connectivity index (χ2v) is 8.69. The maximum Gasteiger partial charge on any atom is 0.0618 e. The van der Waals surface area contributed by atoms with Crippen molar-refractivity contribution in [1.82, 2.24) is 4.98 Å². The molecule has 5 rings (SSSR count). The average Bonchev–Trinajstić information content (AvgIpc) is 3.11. The minimum Gasteiger partial charge on any atom is -0.354 e. The van der Waals surface area contributed by atoms with Gasteiger partial charge in [-0.2, -0.15) is 0 Å². The number of benzene rings is 4. The van der Waals surface area contributed by atoms with Crippen LogP contribution in [0.4, 0.5) is 0 Å². The van der Waals surface area contributed by atoms with Crippen molar-refractivity contribution in [2.45, 2.75) is 0 Å². The number of hydrogen-bond donors (Lipinski definition) is 1. The van der Waals surface area contributed by atoms with Crippen molar-refractivity contribution in [2.75, 3.05) is 0 Å². The zero-order chi connectivity index (χ0) is 18.4. The first kappa shape index (κ1) is 17.3. The summed E-state index contributed by atoms with van der Waals surface area (Å²) in [6.07, 6.45) is 0. The van der Waals surface area contributed by atoms with Gasteiger partial charge in [-0.1, -0.05) is 78.9 Å². The van der Waals surface area contributed by atoms with Gasteiger partial charge in [0.2, 0.25) is 0 Å². The Bertz CT molecular complexity index is 1270. The zero-order valence-electron chi connectivity index (χ0n) is 14.3. The standard InChI is InChI=1S/C24H15I2N/c25-22-20(16-11-5-2-6-12-16)19(15-9-3-1-4-10-15)21-17-13-7-8-14-18(17)27-24(21)23(22)26/h1-14,27H. The lowest BCUT2D eigenvalue weighted by molar-refractivity contribution is 1.50. The molecule has 0 fully saturated rings. The van der Waals surface area contributed by atoms with Gasteiger partial charge < -0.3 is 4.98 Å². The van der Waals surface area contributed by atoms with Crippen LogP contribution in [-0.4, -0.2) is 4.98 Å². The molecule has 0 radical (unpaired) electrons. The van der Waals surface area contributed by atoms with Crippen LogP contribution in [0.5, 0.6) is 0 Å². The Hall–Kier alpha value is -1.86. The van der Waals surface area contributed by atoms with Crippen LogP contribution < -0.4 is 0 Å². The van der Waals surface area contributed by atoms with E-state index >= 15 is 0 Å². The first-order chi connectivity index (χ1) is 13.3. The number of aromatic nitrogens is 1. The van der Waals surface area contributed by atoms with E-state index < -0.39 is 0 Å². The summed E-state index contributed by atoms with van der Waals surface area (Å²) in [6, 6.07) is 30.1. The van der Waals surface area contributed by atoms with Crippen molar-refractivity contribution in [3.05, 3.63) is 92.1 Å². The number of halogens is 2. The molecule has 4 aromatic carbocycles. The molecule has 0 saturated carbocycles. The molecule has 5 aromatic rings. The third-order valence-electron chi connectivity index (χ3n) is 4.96. The average molecular weight is 571 g/mol. The molecule has 1 heterocycles. The van der Waals surface area contributed by atoms with Crippen LogP contribution >= 0.6 is 45.2 Å². The van der Waals surface area contributed by atoms with E-state index in [9.17, 15) is 0 Å². The van der Waals surface area contributed by atoms with Crippen molar-refractivity contribution in [3.63, 3.8) is 0 Å². The highest BCUT2D eigenvalue weighted by Gasteiger charge is 2.22. The Morgan fingerprint density at radius 2 is 1.11 bits per heavy atom. The quantitative estimate of drug-likeness (QED) is 0.208. The monoisotopic (exact) mass is 571 g/mol. The minimum absolute atomic E-state index is 1.18. The summed E-state index contributed by atoms with van der Waals surface area (Å²) >= 11 is 4.99. The van der Waals surface area contributed by atoms with Gasteiger partial charge in [-0.15, -0.1) is 0 Å². The molecule has 0 bridgehead atoms. The second-order valence-electron chi connectivity index (χ2n) is 6.53. The molecule has 0 saturated heterocycles. The lowest BCUT2D eigenvalue weighted by Gasteiger charge is -2.17. The molecule has 0 atom stereocenters. The van der Waals surface area contributed by atoms with E-state index in [0.29, 0.717) is 0 Å². The van der Waals surface area contributed by atoms with Crippen molar-refractivity contribution in [3.8, 4) is 22.3 Å². The number of hydrogen-bond acceptors (Lipinski definition) is 0. The first-order valence-corrected chi connectivity index (χ1v) is 10.9. The summed E-state index contributed by atoms with van der Waals surface area (Å²) in [5.41, 5.74) is 7.53. The molecule has 1 N–H and O–H groups in total. The Kier molecular flexibility index (Phi) is 4.44. The number of rotatable bonds is 2. The van der Waals surface area contributed by atoms with Gasteiger partial charge in [0, 0.05) is 31.0 Å². The summed E-state index contributed by atoms with van der Waals surface area (Å²) in [4.78, 5) is 3.66. The van der Waals surface area contributed by atoms with Gasteiger partial charge in [0.15, 0.2) is 0 Å². The lowest BCUT2D eigenvalue weighted by Crippen LogP contribution is -1.95. The second kappa shape index (κ2) is 6.95. The smallest absolute Gasteiger partial charge is 0.0618 e. The third kappa shape index (κ3) is 2.79. The predicted octanol–water partition coefficient (Wildman–Crippen LogP) is 7.86. The molecule has 27 heavy (non-hydrogen) atoms. The van der Waals surface area contributed by atoms with Crippen LogP contribution in [0.15, 0.2) is 84.9 Å².